The Kier molecular flexibility index (Phi) is 4.40. The molecule has 1 atom stereocenters. The minimum absolute atomic E-state index is 0.521. The van der Waals surface area contributed by atoms with E-state index in [0.29, 0.717) is 6.04 Å². The van der Waals surface area contributed by atoms with Gasteiger partial charge in [0.15, 0.2) is 4.77 Å². The molecule has 1 saturated heterocycles. The van der Waals surface area contributed by atoms with E-state index in [9.17, 15) is 0 Å². The molecule has 0 bridgehead atoms. The van der Waals surface area contributed by atoms with Crippen molar-refractivity contribution in [2.45, 2.75) is 39.3 Å². The quantitative estimate of drug-likeness (QED) is 0.851. The zero-order chi connectivity index (χ0) is 13.1. The molecule has 0 aromatic carbocycles. The lowest BCUT2D eigenvalue weighted by molar-refractivity contribution is 0.327. The lowest BCUT2D eigenvalue weighted by atomic mass is 10.2. The normalized spacial score (nSPS) is 22.2. The highest BCUT2D eigenvalue weighted by atomic mass is 32.1. The van der Waals surface area contributed by atoms with Gasteiger partial charge in [-0.05, 0) is 45.6 Å². The summed E-state index contributed by atoms with van der Waals surface area (Å²) in [5.41, 5.74) is 0. The molecular weight excluding hydrogens is 246 g/mol. The third kappa shape index (κ3) is 2.59. The Bertz CT molecular complexity index is 438. The fraction of sp³-hybridized carbons (Fsp3) is 0.833. The summed E-state index contributed by atoms with van der Waals surface area (Å²) in [5.74, 6) is 1.00. The van der Waals surface area contributed by atoms with Crippen molar-refractivity contribution in [3.8, 4) is 0 Å². The van der Waals surface area contributed by atoms with Gasteiger partial charge < -0.3 is 9.80 Å². The van der Waals surface area contributed by atoms with Gasteiger partial charge in [0.05, 0.1) is 0 Å². The van der Waals surface area contributed by atoms with Crippen molar-refractivity contribution in [1.82, 2.24) is 19.7 Å². The number of aromatic nitrogens is 3. The predicted molar refractivity (Wildman–Crippen MR) is 76.6 cm³/mol. The zero-order valence-corrected chi connectivity index (χ0v) is 12.3. The highest BCUT2D eigenvalue weighted by Crippen LogP contribution is 2.20. The molecule has 1 fully saturated rings. The summed E-state index contributed by atoms with van der Waals surface area (Å²) in [5, 5.41) is 7.35. The molecule has 0 radical (unpaired) electrons. The summed E-state index contributed by atoms with van der Waals surface area (Å²) in [6.45, 7) is 8.54. The van der Waals surface area contributed by atoms with Crippen LogP contribution in [0.25, 0.3) is 0 Å². The lowest BCUT2D eigenvalue weighted by Crippen LogP contribution is -2.41. The summed E-state index contributed by atoms with van der Waals surface area (Å²) in [4.78, 5) is 4.82. The summed E-state index contributed by atoms with van der Waals surface area (Å²) < 4.78 is 2.81. The van der Waals surface area contributed by atoms with Gasteiger partial charge in [0, 0.05) is 25.7 Å². The Balaban J connectivity index is 2.31. The maximum Gasteiger partial charge on any atom is 0.226 e. The first-order valence-corrected chi connectivity index (χ1v) is 7.18. The minimum atomic E-state index is 0.521. The number of anilines is 1. The SMILES string of the molecule is CCC1CN(C)CCCN1c1n[nH]c(=S)n1CC. The average molecular weight is 269 g/mol. The molecule has 1 aromatic heterocycles. The molecule has 0 amide bonds. The molecule has 2 rings (SSSR count). The van der Waals surface area contributed by atoms with Crippen LogP contribution >= 0.6 is 12.2 Å². The third-order valence-electron chi connectivity index (χ3n) is 3.68. The lowest BCUT2D eigenvalue weighted by Gasteiger charge is -2.30. The molecule has 0 spiro atoms. The molecule has 1 aromatic rings. The van der Waals surface area contributed by atoms with Gasteiger partial charge in [-0.15, -0.1) is 5.10 Å². The molecule has 1 N–H and O–H groups in total. The monoisotopic (exact) mass is 269 g/mol. The van der Waals surface area contributed by atoms with Crippen LogP contribution in [-0.2, 0) is 6.54 Å². The summed E-state index contributed by atoms with van der Waals surface area (Å²) in [6.07, 6.45) is 2.31. The van der Waals surface area contributed by atoms with Gasteiger partial charge in [0.25, 0.3) is 0 Å². The highest BCUT2D eigenvalue weighted by molar-refractivity contribution is 7.71. The summed E-state index contributed by atoms with van der Waals surface area (Å²) in [7, 11) is 2.20. The van der Waals surface area contributed by atoms with Crippen LogP contribution in [0.5, 0.6) is 0 Å². The van der Waals surface area contributed by atoms with E-state index >= 15 is 0 Å². The molecule has 1 aliphatic rings. The first-order chi connectivity index (χ1) is 8.67. The van der Waals surface area contributed by atoms with Crippen LogP contribution in [0.2, 0.25) is 0 Å². The number of nitrogens with one attached hydrogen (secondary N) is 1. The van der Waals surface area contributed by atoms with Crippen LogP contribution in [0.1, 0.15) is 26.7 Å². The molecule has 1 aliphatic heterocycles. The number of H-pyrrole nitrogens is 1. The Hall–Kier alpha value is -0.880. The van der Waals surface area contributed by atoms with Crippen LogP contribution in [0.15, 0.2) is 0 Å². The number of aromatic amines is 1. The van der Waals surface area contributed by atoms with E-state index in [-0.39, 0.29) is 0 Å². The molecular formula is C12H23N5S. The fourth-order valence-corrected chi connectivity index (χ4v) is 2.93. The Morgan fingerprint density at radius 2 is 2.17 bits per heavy atom. The smallest absolute Gasteiger partial charge is 0.226 e. The number of nitrogens with zero attached hydrogens (tertiary/aromatic N) is 4. The molecule has 1 unspecified atom stereocenters. The van der Waals surface area contributed by atoms with Gasteiger partial charge in [-0.1, -0.05) is 6.92 Å². The van der Waals surface area contributed by atoms with Gasteiger partial charge in [-0.25, -0.2) is 5.10 Å². The summed E-state index contributed by atoms with van der Waals surface area (Å²) in [6, 6.07) is 0.521. The Morgan fingerprint density at radius 1 is 1.39 bits per heavy atom. The molecule has 2 heterocycles. The third-order valence-corrected chi connectivity index (χ3v) is 4.00. The molecule has 0 aliphatic carbocycles. The second kappa shape index (κ2) is 5.84. The van der Waals surface area contributed by atoms with Crippen molar-refractivity contribution in [3.63, 3.8) is 0 Å². The van der Waals surface area contributed by atoms with Gasteiger partial charge in [0.1, 0.15) is 0 Å². The first kappa shape index (κ1) is 13.5. The topological polar surface area (TPSA) is 40.1 Å². The number of rotatable bonds is 3. The van der Waals surface area contributed by atoms with Crippen LogP contribution in [0.4, 0.5) is 5.95 Å². The highest BCUT2D eigenvalue weighted by Gasteiger charge is 2.25. The van der Waals surface area contributed by atoms with Crippen molar-refractivity contribution in [2.75, 3.05) is 31.6 Å². The van der Waals surface area contributed by atoms with Crippen molar-refractivity contribution in [3.05, 3.63) is 4.77 Å². The van der Waals surface area contributed by atoms with Crippen LogP contribution < -0.4 is 4.90 Å². The summed E-state index contributed by atoms with van der Waals surface area (Å²) >= 11 is 5.28. The fourth-order valence-electron chi connectivity index (χ4n) is 2.67. The van der Waals surface area contributed by atoms with E-state index in [1.165, 1.54) is 6.42 Å². The Morgan fingerprint density at radius 3 is 2.83 bits per heavy atom. The number of hydrogen-bond donors (Lipinski definition) is 1. The predicted octanol–water partition coefficient (Wildman–Crippen LogP) is 1.88. The van der Waals surface area contributed by atoms with E-state index in [0.717, 1.165) is 43.3 Å². The maximum absolute atomic E-state index is 5.28. The van der Waals surface area contributed by atoms with E-state index in [1.54, 1.807) is 0 Å². The standard InChI is InChI=1S/C12H23N5S/c1-4-10-9-15(3)7-6-8-17(10)11-13-14-12(18)16(11)5-2/h10H,4-9H2,1-3H3,(H,14,18). The minimum Gasteiger partial charge on any atom is -0.337 e. The zero-order valence-electron chi connectivity index (χ0n) is 11.5. The van der Waals surface area contributed by atoms with Crippen LogP contribution in [0.3, 0.4) is 0 Å². The van der Waals surface area contributed by atoms with Crippen LogP contribution in [-0.4, -0.2) is 52.4 Å². The second-order valence-electron chi connectivity index (χ2n) is 4.94. The Labute approximate surface area is 114 Å². The van der Waals surface area contributed by atoms with E-state index in [4.69, 9.17) is 12.2 Å². The molecule has 18 heavy (non-hydrogen) atoms. The first-order valence-electron chi connectivity index (χ1n) is 6.77. The molecule has 0 saturated carbocycles. The van der Waals surface area contributed by atoms with E-state index < -0.39 is 0 Å². The molecule has 5 nitrogen and oxygen atoms in total. The van der Waals surface area contributed by atoms with Gasteiger partial charge in [0.2, 0.25) is 5.95 Å². The van der Waals surface area contributed by atoms with Crippen molar-refractivity contribution < 1.29 is 0 Å². The van der Waals surface area contributed by atoms with Crippen molar-refractivity contribution in [2.24, 2.45) is 0 Å². The molecule has 102 valence electrons. The maximum atomic E-state index is 5.28. The van der Waals surface area contributed by atoms with Gasteiger partial charge in [-0.2, -0.15) is 0 Å². The van der Waals surface area contributed by atoms with Crippen molar-refractivity contribution >= 4 is 18.2 Å². The van der Waals surface area contributed by atoms with Gasteiger partial charge in [-0.3, -0.25) is 4.57 Å². The second-order valence-corrected chi connectivity index (χ2v) is 5.33. The van der Waals surface area contributed by atoms with Gasteiger partial charge >= 0.3 is 0 Å². The largest absolute Gasteiger partial charge is 0.337 e. The average Bonchev–Trinajstić information content (AvgIpc) is 2.62. The molecule has 6 heteroatoms. The van der Waals surface area contributed by atoms with Crippen molar-refractivity contribution in [1.29, 1.82) is 0 Å². The van der Waals surface area contributed by atoms with E-state index in [2.05, 4.69) is 45.5 Å². The number of likely N-dealkylation sites (N-methyl/N-ethyl adjacent to an activating group) is 1. The number of hydrogen-bond acceptors (Lipinski definition) is 4. The van der Waals surface area contributed by atoms with E-state index in [1.807, 2.05) is 0 Å². The van der Waals surface area contributed by atoms with Crippen LogP contribution in [0, 0.1) is 4.77 Å².